The number of nitrogens with two attached hydrogens (primary N) is 1. The Morgan fingerprint density at radius 2 is 1.90 bits per heavy atom. The first kappa shape index (κ1) is 14.3. The summed E-state index contributed by atoms with van der Waals surface area (Å²) in [5, 5.41) is 0. The molecule has 0 heterocycles. The van der Waals surface area contributed by atoms with E-state index < -0.39 is 0 Å². The highest BCUT2D eigenvalue weighted by molar-refractivity contribution is 5.50. The predicted molar refractivity (Wildman–Crippen MR) is 85.4 cm³/mol. The fraction of sp³-hybridized carbons (Fsp3) is 0.294. The number of nitrogen functional groups attached to an aromatic ring is 1. The molecule has 3 heteroatoms. The summed E-state index contributed by atoms with van der Waals surface area (Å²) in [5.74, 6) is 0.890. The van der Waals surface area contributed by atoms with Crippen molar-refractivity contribution >= 4 is 11.4 Å². The predicted octanol–water partition coefficient (Wildman–Crippen LogP) is 3.35. The fourth-order valence-electron chi connectivity index (χ4n) is 2.25. The van der Waals surface area contributed by atoms with Crippen LogP contribution >= 0.6 is 0 Å². The van der Waals surface area contributed by atoms with E-state index in [1.165, 1.54) is 11.3 Å². The normalized spacial score (nSPS) is 10.3. The number of hydrogen-bond acceptors (Lipinski definition) is 3. The van der Waals surface area contributed by atoms with Crippen LogP contribution in [-0.2, 0) is 6.42 Å². The Labute approximate surface area is 121 Å². The standard InChI is InChI=1S/C17H22N2O/c1-19(15-9-5-10-16(13-15)20-2)12-6-8-14-7-3-4-11-17(14)18/h3-5,7,9-11,13H,6,8,12,18H2,1-2H3. The highest BCUT2D eigenvalue weighted by Crippen LogP contribution is 2.20. The van der Waals surface area contributed by atoms with E-state index in [4.69, 9.17) is 10.5 Å². The van der Waals surface area contributed by atoms with Crippen molar-refractivity contribution in [2.24, 2.45) is 0 Å². The minimum Gasteiger partial charge on any atom is -0.497 e. The van der Waals surface area contributed by atoms with Crippen LogP contribution in [0.15, 0.2) is 48.5 Å². The molecule has 2 aromatic rings. The van der Waals surface area contributed by atoms with Crippen LogP contribution < -0.4 is 15.4 Å². The molecule has 3 nitrogen and oxygen atoms in total. The van der Waals surface area contributed by atoms with Crippen LogP contribution in [0.3, 0.4) is 0 Å². The third kappa shape index (κ3) is 3.67. The van der Waals surface area contributed by atoms with Crippen LogP contribution in [0.5, 0.6) is 5.75 Å². The minimum absolute atomic E-state index is 0.886. The van der Waals surface area contributed by atoms with Crippen molar-refractivity contribution in [3.63, 3.8) is 0 Å². The van der Waals surface area contributed by atoms with E-state index in [9.17, 15) is 0 Å². The van der Waals surface area contributed by atoms with E-state index in [2.05, 4.69) is 30.1 Å². The molecule has 0 saturated carbocycles. The number of ether oxygens (including phenoxy) is 1. The van der Waals surface area contributed by atoms with Gasteiger partial charge in [0.25, 0.3) is 0 Å². The van der Waals surface area contributed by atoms with Gasteiger partial charge in [-0.3, -0.25) is 0 Å². The van der Waals surface area contributed by atoms with E-state index >= 15 is 0 Å². The van der Waals surface area contributed by atoms with Gasteiger partial charge in [-0.1, -0.05) is 24.3 Å². The lowest BCUT2D eigenvalue weighted by Crippen LogP contribution is -2.19. The molecule has 0 aliphatic carbocycles. The summed E-state index contributed by atoms with van der Waals surface area (Å²) in [7, 11) is 3.79. The average Bonchev–Trinajstić information content (AvgIpc) is 2.49. The number of aryl methyl sites for hydroxylation is 1. The molecule has 20 heavy (non-hydrogen) atoms. The maximum absolute atomic E-state index is 5.96. The molecule has 2 rings (SSSR count). The van der Waals surface area contributed by atoms with Gasteiger partial charge in [0, 0.05) is 31.0 Å². The largest absolute Gasteiger partial charge is 0.497 e. The van der Waals surface area contributed by atoms with E-state index in [-0.39, 0.29) is 0 Å². The molecule has 0 bridgehead atoms. The van der Waals surface area contributed by atoms with Crippen LogP contribution in [0.4, 0.5) is 11.4 Å². The van der Waals surface area contributed by atoms with Crippen molar-refractivity contribution in [2.75, 3.05) is 31.3 Å². The van der Waals surface area contributed by atoms with Crippen LogP contribution in [-0.4, -0.2) is 20.7 Å². The Hall–Kier alpha value is -2.16. The molecular weight excluding hydrogens is 248 g/mol. The maximum Gasteiger partial charge on any atom is 0.120 e. The first-order valence-electron chi connectivity index (χ1n) is 6.89. The van der Waals surface area contributed by atoms with Gasteiger partial charge in [0.05, 0.1) is 7.11 Å². The van der Waals surface area contributed by atoms with Crippen molar-refractivity contribution < 1.29 is 4.74 Å². The molecule has 2 aromatic carbocycles. The molecule has 2 N–H and O–H groups in total. The van der Waals surface area contributed by atoms with Gasteiger partial charge in [-0.15, -0.1) is 0 Å². The molecule has 0 aromatic heterocycles. The molecular formula is C17H22N2O. The summed E-state index contributed by atoms with van der Waals surface area (Å²) < 4.78 is 5.25. The molecule has 0 aliphatic heterocycles. The van der Waals surface area contributed by atoms with Gasteiger partial charge in [0.1, 0.15) is 5.75 Å². The second-order valence-corrected chi connectivity index (χ2v) is 4.93. The summed E-state index contributed by atoms with van der Waals surface area (Å²) >= 11 is 0. The van der Waals surface area contributed by atoms with Gasteiger partial charge in [-0.25, -0.2) is 0 Å². The second-order valence-electron chi connectivity index (χ2n) is 4.93. The molecule has 0 unspecified atom stereocenters. The molecule has 0 amide bonds. The highest BCUT2D eigenvalue weighted by atomic mass is 16.5. The smallest absolute Gasteiger partial charge is 0.120 e. The summed E-state index contributed by atoms with van der Waals surface area (Å²) in [6, 6.07) is 16.2. The molecule has 0 saturated heterocycles. The Kier molecular flexibility index (Phi) is 4.88. The maximum atomic E-state index is 5.96. The van der Waals surface area contributed by atoms with Gasteiger partial charge >= 0.3 is 0 Å². The molecule has 0 spiro atoms. The first-order chi connectivity index (χ1) is 9.70. The van der Waals surface area contributed by atoms with Crippen molar-refractivity contribution in [1.82, 2.24) is 0 Å². The Bertz CT molecular complexity index is 554. The van der Waals surface area contributed by atoms with Crippen molar-refractivity contribution in [2.45, 2.75) is 12.8 Å². The summed E-state index contributed by atoms with van der Waals surface area (Å²) in [4.78, 5) is 2.24. The van der Waals surface area contributed by atoms with E-state index in [1.54, 1.807) is 7.11 Å². The van der Waals surface area contributed by atoms with Crippen LogP contribution in [0.25, 0.3) is 0 Å². The number of benzene rings is 2. The Morgan fingerprint density at radius 3 is 2.65 bits per heavy atom. The summed E-state index contributed by atoms with van der Waals surface area (Å²) in [5.41, 5.74) is 9.24. The Balaban J connectivity index is 1.89. The Morgan fingerprint density at radius 1 is 1.10 bits per heavy atom. The van der Waals surface area contributed by atoms with Gasteiger partial charge in [0.15, 0.2) is 0 Å². The van der Waals surface area contributed by atoms with Crippen molar-refractivity contribution in [1.29, 1.82) is 0 Å². The molecule has 0 radical (unpaired) electrons. The third-order valence-electron chi connectivity index (χ3n) is 3.49. The van der Waals surface area contributed by atoms with Crippen LogP contribution in [0, 0.1) is 0 Å². The molecule has 0 atom stereocenters. The van der Waals surface area contributed by atoms with Gasteiger partial charge in [0.2, 0.25) is 0 Å². The number of rotatable bonds is 6. The van der Waals surface area contributed by atoms with Crippen molar-refractivity contribution in [3.8, 4) is 5.75 Å². The molecule has 0 aliphatic rings. The summed E-state index contributed by atoms with van der Waals surface area (Å²) in [6.45, 7) is 0.988. The lowest BCUT2D eigenvalue weighted by atomic mass is 10.1. The average molecular weight is 270 g/mol. The monoisotopic (exact) mass is 270 g/mol. The van der Waals surface area contributed by atoms with Gasteiger partial charge in [-0.2, -0.15) is 0 Å². The summed E-state index contributed by atoms with van der Waals surface area (Å²) in [6.07, 6.45) is 2.07. The van der Waals surface area contributed by atoms with E-state index in [0.29, 0.717) is 0 Å². The number of methoxy groups -OCH3 is 1. The minimum atomic E-state index is 0.886. The zero-order chi connectivity index (χ0) is 14.4. The first-order valence-corrected chi connectivity index (χ1v) is 6.89. The fourth-order valence-corrected chi connectivity index (χ4v) is 2.25. The third-order valence-corrected chi connectivity index (χ3v) is 3.49. The molecule has 106 valence electrons. The highest BCUT2D eigenvalue weighted by Gasteiger charge is 2.03. The quantitative estimate of drug-likeness (QED) is 0.818. The number of para-hydroxylation sites is 1. The van der Waals surface area contributed by atoms with Crippen LogP contribution in [0.2, 0.25) is 0 Å². The lowest BCUT2D eigenvalue weighted by molar-refractivity contribution is 0.415. The molecule has 0 fully saturated rings. The number of anilines is 2. The van der Waals surface area contributed by atoms with Gasteiger partial charge in [-0.05, 0) is 36.6 Å². The lowest BCUT2D eigenvalue weighted by Gasteiger charge is -2.20. The number of nitrogens with zero attached hydrogens (tertiary/aromatic N) is 1. The number of hydrogen-bond donors (Lipinski definition) is 1. The van der Waals surface area contributed by atoms with Crippen molar-refractivity contribution in [3.05, 3.63) is 54.1 Å². The van der Waals surface area contributed by atoms with Gasteiger partial charge < -0.3 is 15.4 Å². The van der Waals surface area contributed by atoms with E-state index in [1.807, 2.05) is 30.3 Å². The van der Waals surface area contributed by atoms with E-state index in [0.717, 1.165) is 30.8 Å². The topological polar surface area (TPSA) is 38.5 Å². The SMILES string of the molecule is COc1cccc(N(C)CCCc2ccccc2N)c1. The zero-order valence-corrected chi connectivity index (χ0v) is 12.2. The zero-order valence-electron chi connectivity index (χ0n) is 12.2. The second kappa shape index (κ2) is 6.85. The van der Waals surface area contributed by atoms with Crippen LogP contribution in [0.1, 0.15) is 12.0 Å².